The van der Waals surface area contributed by atoms with E-state index in [1.54, 1.807) is 0 Å². The molecule has 1 saturated carbocycles. The molecule has 1 aliphatic rings. The van der Waals surface area contributed by atoms with Crippen molar-refractivity contribution < 1.29 is 4.74 Å². The summed E-state index contributed by atoms with van der Waals surface area (Å²) in [4.78, 5) is 2.26. The van der Waals surface area contributed by atoms with Crippen molar-refractivity contribution in [2.45, 2.75) is 19.4 Å². The van der Waals surface area contributed by atoms with Gasteiger partial charge in [0.25, 0.3) is 0 Å². The molecule has 0 atom stereocenters. The summed E-state index contributed by atoms with van der Waals surface area (Å²) in [7, 11) is 2.11. The summed E-state index contributed by atoms with van der Waals surface area (Å²) in [6, 6.07) is 5.93. The molecule has 3 nitrogen and oxygen atoms in total. The highest BCUT2D eigenvalue weighted by Gasteiger charge is 2.20. The zero-order chi connectivity index (χ0) is 13.0. The molecule has 4 heteroatoms. The first-order chi connectivity index (χ1) is 8.65. The first kappa shape index (κ1) is 13.8. The third kappa shape index (κ3) is 4.59. The summed E-state index contributed by atoms with van der Waals surface area (Å²) < 4.78 is 6.76. The molecule has 2 N–H and O–H groups in total. The van der Waals surface area contributed by atoms with E-state index in [1.165, 1.54) is 18.4 Å². The molecule has 100 valence electrons. The quantitative estimate of drug-likeness (QED) is 0.621. The van der Waals surface area contributed by atoms with Gasteiger partial charge in [-0.2, -0.15) is 0 Å². The lowest BCUT2D eigenvalue weighted by Gasteiger charge is -2.18. The van der Waals surface area contributed by atoms with E-state index in [-0.39, 0.29) is 0 Å². The second-order valence-corrected chi connectivity index (χ2v) is 5.96. The number of benzene rings is 1. The van der Waals surface area contributed by atoms with Gasteiger partial charge in [0, 0.05) is 29.9 Å². The van der Waals surface area contributed by atoms with Gasteiger partial charge in [-0.15, -0.1) is 0 Å². The molecule has 0 amide bonds. The highest BCUT2D eigenvalue weighted by atomic mass is 79.9. The Hall–Kier alpha value is -0.580. The van der Waals surface area contributed by atoms with E-state index in [0.29, 0.717) is 0 Å². The van der Waals surface area contributed by atoms with Gasteiger partial charge in [0.15, 0.2) is 0 Å². The van der Waals surface area contributed by atoms with Crippen LogP contribution in [0.15, 0.2) is 22.7 Å². The second kappa shape index (κ2) is 6.55. The molecule has 1 fully saturated rings. The number of rotatable bonds is 7. The smallest absolute Gasteiger partial charge is 0.0593 e. The van der Waals surface area contributed by atoms with Gasteiger partial charge in [-0.05, 0) is 49.6 Å². The lowest BCUT2D eigenvalue weighted by molar-refractivity contribution is 0.102. The van der Waals surface area contributed by atoms with Crippen LogP contribution < -0.4 is 5.73 Å². The Morgan fingerprint density at radius 1 is 1.44 bits per heavy atom. The van der Waals surface area contributed by atoms with Crippen LogP contribution in [0.4, 0.5) is 5.69 Å². The van der Waals surface area contributed by atoms with Crippen molar-refractivity contribution in [3.05, 3.63) is 28.2 Å². The molecular weight excluding hydrogens is 292 g/mol. The third-order valence-electron chi connectivity index (χ3n) is 3.18. The van der Waals surface area contributed by atoms with Gasteiger partial charge in [-0.25, -0.2) is 0 Å². The maximum Gasteiger partial charge on any atom is 0.0593 e. The molecule has 1 aliphatic carbocycles. The largest absolute Gasteiger partial charge is 0.399 e. The minimum absolute atomic E-state index is 0.812. The molecule has 0 aromatic heterocycles. The molecule has 0 aliphatic heterocycles. The van der Waals surface area contributed by atoms with Crippen LogP contribution in [0, 0.1) is 5.92 Å². The summed E-state index contributed by atoms with van der Waals surface area (Å²) >= 11 is 3.55. The summed E-state index contributed by atoms with van der Waals surface area (Å²) in [6.45, 7) is 3.59. The number of anilines is 1. The SMILES string of the molecule is CN(CCOCC1CC1)Cc1cc(N)ccc1Br. The fourth-order valence-electron chi connectivity index (χ4n) is 1.84. The molecule has 0 heterocycles. The average Bonchev–Trinajstić information content (AvgIpc) is 3.13. The molecule has 2 rings (SSSR count). The van der Waals surface area contributed by atoms with Crippen LogP contribution in [0.3, 0.4) is 0 Å². The van der Waals surface area contributed by atoms with E-state index in [9.17, 15) is 0 Å². The van der Waals surface area contributed by atoms with Crippen LogP contribution in [-0.2, 0) is 11.3 Å². The van der Waals surface area contributed by atoms with Crippen LogP contribution >= 0.6 is 15.9 Å². The van der Waals surface area contributed by atoms with E-state index in [2.05, 4.69) is 27.9 Å². The van der Waals surface area contributed by atoms with Gasteiger partial charge in [0.05, 0.1) is 6.61 Å². The monoisotopic (exact) mass is 312 g/mol. The maximum atomic E-state index is 5.80. The van der Waals surface area contributed by atoms with Gasteiger partial charge >= 0.3 is 0 Å². The minimum atomic E-state index is 0.812. The number of hydrogen-bond donors (Lipinski definition) is 1. The van der Waals surface area contributed by atoms with Gasteiger partial charge in [0.2, 0.25) is 0 Å². The summed E-state index contributed by atoms with van der Waals surface area (Å²) in [6.07, 6.45) is 2.71. The highest BCUT2D eigenvalue weighted by Crippen LogP contribution is 2.28. The standard InChI is InChI=1S/C14H21BrN2O/c1-17(6-7-18-10-11-2-3-11)9-12-8-13(16)4-5-14(12)15/h4-5,8,11H,2-3,6-7,9-10,16H2,1H3. The third-order valence-corrected chi connectivity index (χ3v) is 3.95. The number of nitrogens with zero attached hydrogens (tertiary/aromatic N) is 1. The summed E-state index contributed by atoms with van der Waals surface area (Å²) in [5.41, 5.74) is 7.83. The first-order valence-corrected chi connectivity index (χ1v) is 7.24. The molecule has 0 radical (unpaired) electrons. The molecule has 1 aromatic carbocycles. The predicted octanol–water partition coefficient (Wildman–Crippen LogP) is 2.89. The predicted molar refractivity (Wildman–Crippen MR) is 78.4 cm³/mol. The van der Waals surface area contributed by atoms with E-state index in [0.717, 1.165) is 42.4 Å². The van der Waals surface area contributed by atoms with Crippen LogP contribution in [0.1, 0.15) is 18.4 Å². The molecule has 0 spiro atoms. The normalized spacial score (nSPS) is 15.3. The van der Waals surface area contributed by atoms with Crippen molar-refractivity contribution in [2.75, 3.05) is 32.5 Å². The van der Waals surface area contributed by atoms with Crippen molar-refractivity contribution in [3.8, 4) is 0 Å². The van der Waals surface area contributed by atoms with Crippen LogP contribution in [0.2, 0.25) is 0 Å². The van der Waals surface area contributed by atoms with E-state index >= 15 is 0 Å². The Morgan fingerprint density at radius 2 is 2.22 bits per heavy atom. The van der Waals surface area contributed by atoms with Crippen molar-refractivity contribution in [3.63, 3.8) is 0 Å². The number of halogens is 1. The van der Waals surface area contributed by atoms with Gasteiger partial charge in [-0.3, -0.25) is 4.90 Å². The topological polar surface area (TPSA) is 38.5 Å². The fraction of sp³-hybridized carbons (Fsp3) is 0.571. The van der Waals surface area contributed by atoms with Gasteiger partial charge in [-0.1, -0.05) is 15.9 Å². The molecule has 0 bridgehead atoms. The molecule has 1 aromatic rings. The van der Waals surface area contributed by atoms with E-state index in [4.69, 9.17) is 10.5 Å². The van der Waals surface area contributed by atoms with E-state index in [1.807, 2.05) is 18.2 Å². The number of hydrogen-bond acceptors (Lipinski definition) is 3. The Balaban J connectivity index is 1.71. The average molecular weight is 313 g/mol. The highest BCUT2D eigenvalue weighted by molar-refractivity contribution is 9.10. The molecule has 0 unspecified atom stereocenters. The van der Waals surface area contributed by atoms with Crippen molar-refractivity contribution >= 4 is 21.6 Å². The lowest BCUT2D eigenvalue weighted by Crippen LogP contribution is -2.23. The number of likely N-dealkylation sites (N-methyl/N-ethyl adjacent to an activating group) is 1. The van der Waals surface area contributed by atoms with Crippen molar-refractivity contribution in [1.82, 2.24) is 4.90 Å². The van der Waals surface area contributed by atoms with E-state index < -0.39 is 0 Å². The van der Waals surface area contributed by atoms with Crippen LogP contribution in [0.5, 0.6) is 0 Å². The summed E-state index contributed by atoms with van der Waals surface area (Å²) in [5.74, 6) is 0.846. The fourth-order valence-corrected chi connectivity index (χ4v) is 2.21. The Kier molecular flexibility index (Phi) is 5.03. The Bertz CT molecular complexity index is 393. The minimum Gasteiger partial charge on any atom is -0.399 e. The number of ether oxygens (including phenoxy) is 1. The maximum absolute atomic E-state index is 5.80. The zero-order valence-corrected chi connectivity index (χ0v) is 12.4. The van der Waals surface area contributed by atoms with Crippen molar-refractivity contribution in [1.29, 1.82) is 0 Å². The molecular formula is C14H21BrN2O. The molecule has 0 saturated heterocycles. The number of nitrogens with two attached hydrogens (primary N) is 1. The van der Waals surface area contributed by atoms with Crippen molar-refractivity contribution in [2.24, 2.45) is 5.92 Å². The molecule has 18 heavy (non-hydrogen) atoms. The summed E-state index contributed by atoms with van der Waals surface area (Å²) in [5, 5.41) is 0. The Labute approximate surface area is 117 Å². The van der Waals surface area contributed by atoms with Gasteiger partial charge in [0.1, 0.15) is 0 Å². The lowest BCUT2D eigenvalue weighted by atomic mass is 10.2. The zero-order valence-electron chi connectivity index (χ0n) is 10.9. The second-order valence-electron chi connectivity index (χ2n) is 5.11. The van der Waals surface area contributed by atoms with Crippen LogP contribution in [-0.4, -0.2) is 31.7 Å². The Morgan fingerprint density at radius 3 is 2.94 bits per heavy atom. The van der Waals surface area contributed by atoms with Crippen LogP contribution in [0.25, 0.3) is 0 Å². The first-order valence-electron chi connectivity index (χ1n) is 6.45. The number of nitrogen functional groups attached to an aromatic ring is 1. The van der Waals surface area contributed by atoms with Gasteiger partial charge < -0.3 is 10.5 Å².